The Labute approximate surface area is 165 Å². The molecule has 0 radical (unpaired) electrons. The van der Waals surface area contributed by atoms with Crippen LogP contribution >= 0.6 is 0 Å². The van der Waals surface area contributed by atoms with Crippen LogP contribution in [0.3, 0.4) is 0 Å². The summed E-state index contributed by atoms with van der Waals surface area (Å²) >= 11 is 0. The lowest BCUT2D eigenvalue weighted by Gasteiger charge is -2.28. The van der Waals surface area contributed by atoms with Crippen molar-refractivity contribution in [2.24, 2.45) is 0 Å². The van der Waals surface area contributed by atoms with Crippen LogP contribution in [0.5, 0.6) is 11.5 Å². The molecule has 2 aliphatic heterocycles. The molecule has 1 aromatic carbocycles. The molecule has 3 heterocycles. The maximum atomic E-state index is 12.5. The van der Waals surface area contributed by atoms with Gasteiger partial charge in [0.1, 0.15) is 39.4 Å². The highest BCUT2D eigenvalue weighted by Crippen LogP contribution is 2.32. The average molecular weight is 384 g/mol. The number of benzene rings is 1. The highest BCUT2D eigenvalue weighted by Gasteiger charge is 2.27. The number of aromatic amines is 1. The van der Waals surface area contributed by atoms with Crippen molar-refractivity contribution in [2.45, 2.75) is 13.0 Å². The fourth-order valence-corrected chi connectivity index (χ4v) is 3.75. The minimum absolute atomic E-state index is 0.0667. The zero-order valence-corrected chi connectivity index (χ0v) is 16.2. The van der Waals surface area contributed by atoms with Crippen LogP contribution in [0.2, 0.25) is 0 Å². The topological polar surface area (TPSA) is 69.4 Å². The molecule has 0 unspecified atom stereocenters. The van der Waals surface area contributed by atoms with E-state index in [-0.39, 0.29) is 11.9 Å². The standard InChI is InChI=1S/C21H26N4O3/c1-16(17-5-6-18-19(14-17)28-13-12-27-18)23-21(26)15-24-8-10-25(11-9-24)20-4-2-3-7-22-20/h2-7,14,16H,8-13,15H2,1H3,(H,23,26)/p+2/t16-/m1/s1. The second-order valence-electron chi connectivity index (χ2n) is 7.35. The first-order valence-corrected chi connectivity index (χ1v) is 9.93. The van der Waals surface area contributed by atoms with Crippen molar-refractivity contribution in [1.29, 1.82) is 0 Å². The summed E-state index contributed by atoms with van der Waals surface area (Å²) in [7, 11) is 0. The second kappa shape index (κ2) is 8.48. The Hall–Kier alpha value is -2.80. The molecular weight excluding hydrogens is 356 g/mol. The Bertz CT molecular complexity index is 807. The van der Waals surface area contributed by atoms with E-state index in [0.29, 0.717) is 19.8 Å². The molecular formula is C21H28N4O3+2. The van der Waals surface area contributed by atoms with Gasteiger partial charge >= 0.3 is 0 Å². The molecule has 2 aliphatic rings. The first kappa shape index (κ1) is 18.6. The SMILES string of the molecule is C[C@@H](NC(=O)C[NH+]1CCN(c2cccc[nH+]2)CC1)c1ccc2c(c1)OCCO2. The molecule has 7 heteroatoms. The number of carbonyl (C=O) groups is 1. The summed E-state index contributed by atoms with van der Waals surface area (Å²) in [6.07, 6.45) is 1.95. The van der Waals surface area contributed by atoms with Crippen LogP contribution in [0.1, 0.15) is 18.5 Å². The van der Waals surface area contributed by atoms with E-state index in [0.717, 1.165) is 49.1 Å². The number of fused-ring (bicyclic) bond motifs is 1. The molecule has 7 nitrogen and oxygen atoms in total. The number of piperazine rings is 1. The molecule has 148 valence electrons. The zero-order chi connectivity index (χ0) is 19.3. The number of ether oxygens (including phenoxy) is 2. The summed E-state index contributed by atoms with van der Waals surface area (Å²) in [6, 6.07) is 11.9. The van der Waals surface area contributed by atoms with Gasteiger partial charge in [0, 0.05) is 6.07 Å². The van der Waals surface area contributed by atoms with Crippen molar-refractivity contribution < 1.29 is 24.2 Å². The van der Waals surface area contributed by atoms with Crippen molar-refractivity contribution in [3.8, 4) is 11.5 Å². The van der Waals surface area contributed by atoms with Gasteiger partial charge < -0.3 is 19.7 Å². The Balaban J connectivity index is 1.27. The Morgan fingerprint density at radius 1 is 1.18 bits per heavy atom. The minimum atomic E-state index is -0.0667. The number of quaternary nitrogens is 1. The van der Waals surface area contributed by atoms with E-state index >= 15 is 0 Å². The highest BCUT2D eigenvalue weighted by molar-refractivity contribution is 5.77. The lowest BCUT2D eigenvalue weighted by atomic mass is 10.1. The van der Waals surface area contributed by atoms with Crippen LogP contribution in [-0.4, -0.2) is 51.8 Å². The summed E-state index contributed by atoms with van der Waals surface area (Å²) in [5, 5.41) is 3.12. The lowest BCUT2D eigenvalue weighted by Crippen LogP contribution is -3.16. The Morgan fingerprint density at radius 2 is 1.96 bits per heavy atom. The molecule has 1 fully saturated rings. The molecule has 0 aliphatic carbocycles. The molecule has 0 saturated carbocycles. The third-order valence-corrected chi connectivity index (χ3v) is 5.36. The van der Waals surface area contributed by atoms with E-state index < -0.39 is 0 Å². The minimum Gasteiger partial charge on any atom is -0.486 e. The predicted octanol–water partition coefficient (Wildman–Crippen LogP) is -0.146. The number of amides is 1. The number of H-pyrrole nitrogens is 1. The van der Waals surface area contributed by atoms with Gasteiger partial charge in [0.2, 0.25) is 0 Å². The van der Waals surface area contributed by atoms with Gasteiger partial charge in [-0.15, -0.1) is 0 Å². The second-order valence-corrected chi connectivity index (χ2v) is 7.35. The summed E-state index contributed by atoms with van der Waals surface area (Å²) in [6.45, 7) is 7.44. The van der Waals surface area contributed by atoms with Crippen molar-refractivity contribution >= 4 is 11.7 Å². The number of aromatic nitrogens is 1. The molecule has 4 rings (SSSR count). The Morgan fingerprint density at radius 3 is 2.71 bits per heavy atom. The third kappa shape index (κ3) is 4.36. The summed E-state index contributed by atoms with van der Waals surface area (Å²) in [5.41, 5.74) is 1.03. The zero-order valence-electron chi connectivity index (χ0n) is 16.2. The van der Waals surface area contributed by atoms with Crippen LogP contribution in [0, 0.1) is 0 Å². The summed E-state index contributed by atoms with van der Waals surface area (Å²) in [4.78, 5) is 19.5. The quantitative estimate of drug-likeness (QED) is 0.753. The molecule has 1 saturated heterocycles. The molecule has 0 spiro atoms. The van der Waals surface area contributed by atoms with Gasteiger partial charge in [-0.1, -0.05) is 12.1 Å². The Kier molecular flexibility index (Phi) is 5.62. The van der Waals surface area contributed by atoms with Gasteiger partial charge in [0.15, 0.2) is 18.0 Å². The van der Waals surface area contributed by atoms with Gasteiger partial charge in [-0.05, 0) is 30.7 Å². The number of hydrogen-bond acceptors (Lipinski definition) is 4. The number of nitrogens with one attached hydrogen (secondary N) is 3. The number of carbonyl (C=O) groups excluding carboxylic acids is 1. The lowest BCUT2D eigenvalue weighted by molar-refractivity contribution is -0.892. The van der Waals surface area contributed by atoms with Crippen LogP contribution in [0.15, 0.2) is 42.6 Å². The predicted molar refractivity (Wildman–Crippen MR) is 105 cm³/mol. The largest absolute Gasteiger partial charge is 0.486 e. The summed E-state index contributed by atoms with van der Waals surface area (Å²) in [5.74, 6) is 2.74. The van der Waals surface area contributed by atoms with Gasteiger partial charge in [-0.3, -0.25) is 9.69 Å². The molecule has 1 aromatic heterocycles. The van der Waals surface area contributed by atoms with Crippen LogP contribution in [-0.2, 0) is 4.79 Å². The smallest absolute Gasteiger partial charge is 0.275 e. The van der Waals surface area contributed by atoms with E-state index in [1.165, 1.54) is 4.90 Å². The van der Waals surface area contributed by atoms with E-state index in [4.69, 9.17) is 9.47 Å². The van der Waals surface area contributed by atoms with Crippen LogP contribution < -0.4 is 29.6 Å². The van der Waals surface area contributed by atoms with Crippen LogP contribution in [0.4, 0.5) is 5.82 Å². The number of anilines is 1. The molecule has 1 atom stereocenters. The van der Waals surface area contributed by atoms with Crippen molar-refractivity contribution in [1.82, 2.24) is 5.32 Å². The molecule has 2 aromatic rings. The van der Waals surface area contributed by atoms with E-state index in [1.54, 1.807) is 0 Å². The van der Waals surface area contributed by atoms with Gasteiger partial charge in [-0.25, -0.2) is 4.98 Å². The maximum absolute atomic E-state index is 12.5. The fourth-order valence-electron chi connectivity index (χ4n) is 3.75. The summed E-state index contributed by atoms with van der Waals surface area (Å²) < 4.78 is 11.2. The number of hydrogen-bond donors (Lipinski definition) is 2. The van der Waals surface area contributed by atoms with E-state index in [9.17, 15) is 4.79 Å². The molecule has 3 N–H and O–H groups in total. The van der Waals surface area contributed by atoms with Gasteiger partial charge in [-0.2, -0.15) is 0 Å². The number of rotatable bonds is 5. The van der Waals surface area contributed by atoms with Gasteiger partial charge in [0.05, 0.1) is 12.2 Å². The average Bonchev–Trinajstić information content (AvgIpc) is 2.74. The van der Waals surface area contributed by atoms with E-state index in [2.05, 4.69) is 21.3 Å². The highest BCUT2D eigenvalue weighted by atomic mass is 16.6. The van der Waals surface area contributed by atoms with Crippen LogP contribution in [0.25, 0.3) is 0 Å². The first-order chi connectivity index (χ1) is 13.7. The third-order valence-electron chi connectivity index (χ3n) is 5.36. The molecule has 1 amide bonds. The number of nitrogens with zero attached hydrogens (tertiary/aromatic N) is 1. The number of pyridine rings is 1. The first-order valence-electron chi connectivity index (χ1n) is 9.93. The van der Waals surface area contributed by atoms with Crippen molar-refractivity contribution in [2.75, 3.05) is 50.8 Å². The van der Waals surface area contributed by atoms with Crippen molar-refractivity contribution in [3.05, 3.63) is 48.2 Å². The molecule has 28 heavy (non-hydrogen) atoms. The van der Waals surface area contributed by atoms with Crippen molar-refractivity contribution in [3.63, 3.8) is 0 Å². The van der Waals surface area contributed by atoms with Gasteiger partial charge in [0.25, 0.3) is 11.7 Å². The normalized spacial score (nSPS) is 17.8. The fraction of sp³-hybridized carbons (Fsp3) is 0.429. The van der Waals surface area contributed by atoms with E-state index in [1.807, 2.05) is 43.5 Å². The monoisotopic (exact) mass is 384 g/mol. The maximum Gasteiger partial charge on any atom is 0.275 e. The molecule has 0 bridgehead atoms.